The number of methoxy groups -OCH3 is 2. The molecule has 2 aliphatic rings. The van der Waals surface area contributed by atoms with Crippen LogP contribution in [0.25, 0.3) is 0 Å². The summed E-state index contributed by atoms with van der Waals surface area (Å²) in [7, 11) is 3.20. The van der Waals surface area contributed by atoms with E-state index in [9.17, 15) is 0 Å². The Labute approximate surface area is 178 Å². The summed E-state index contributed by atoms with van der Waals surface area (Å²) in [6.07, 6.45) is 0.363. The van der Waals surface area contributed by atoms with Gasteiger partial charge in [0.05, 0.1) is 35.9 Å². The van der Waals surface area contributed by atoms with Crippen molar-refractivity contribution < 1.29 is 14.2 Å². The smallest absolute Gasteiger partial charge is 0.215 e. The number of hydrazone groups is 1. The monoisotopic (exact) mass is 426 g/mol. The molecule has 0 aliphatic carbocycles. The van der Waals surface area contributed by atoms with E-state index in [0.717, 1.165) is 29.0 Å². The molecule has 0 amide bonds. The minimum Gasteiger partial charge on any atom is -0.493 e. The summed E-state index contributed by atoms with van der Waals surface area (Å²) in [6.45, 7) is 0. The molecule has 29 heavy (non-hydrogen) atoms. The van der Waals surface area contributed by atoms with Gasteiger partial charge in [0.2, 0.25) is 6.23 Å². The fraction of sp³-hybridized carbons (Fsp3) is 0.227. The SMILES string of the molecule is COc1cc(Cl)c([C@@H]2Oc3ccccc3[C@H]3CC(c4cccs4)=NN32)cc1OC. The van der Waals surface area contributed by atoms with Crippen molar-refractivity contribution in [1.29, 1.82) is 0 Å². The van der Waals surface area contributed by atoms with Crippen molar-refractivity contribution in [3.05, 3.63) is 74.9 Å². The molecule has 5 rings (SSSR count). The zero-order valence-corrected chi connectivity index (χ0v) is 17.5. The van der Waals surface area contributed by atoms with Gasteiger partial charge in [0.15, 0.2) is 11.5 Å². The van der Waals surface area contributed by atoms with E-state index in [2.05, 4.69) is 17.5 Å². The average molecular weight is 427 g/mol. The maximum absolute atomic E-state index is 6.64. The molecule has 0 saturated heterocycles. The largest absolute Gasteiger partial charge is 0.493 e. The first-order valence-electron chi connectivity index (χ1n) is 9.26. The summed E-state index contributed by atoms with van der Waals surface area (Å²) in [5, 5.41) is 9.59. The molecule has 0 bridgehead atoms. The second-order valence-corrected chi connectivity index (χ2v) is 8.22. The molecule has 7 heteroatoms. The maximum atomic E-state index is 6.64. The first-order valence-corrected chi connectivity index (χ1v) is 10.5. The Morgan fingerprint density at radius 2 is 1.86 bits per heavy atom. The third-order valence-corrected chi connectivity index (χ3v) is 6.52. The highest BCUT2D eigenvalue weighted by atomic mass is 35.5. The molecular weight excluding hydrogens is 408 g/mol. The molecule has 2 atom stereocenters. The third-order valence-electron chi connectivity index (χ3n) is 5.27. The first-order chi connectivity index (χ1) is 14.2. The van der Waals surface area contributed by atoms with Crippen LogP contribution in [0.4, 0.5) is 0 Å². The van der Waals surface area contributed by atoms with Crippen molar-refractivity contribution in [3.8, 4) is 17.2 Å². The van der Waals surface area contributed by atoms with Crippen molar-refractivity contribution in [2.75, 3.05) is 14.2 Å². The average Bonchev–Trinajstić information content (AvgIpc) is 3.43. The lowest BCUT2D eigenvalue weighted by molar-refractivity contribution is -0.0191. The van der Waals surface area contributed by atoms with Crippen LogP contribution in [0.3, 0.4) is 0 Å². The van der Waals surface area contributed by atoms with Crippen LogP contribution >= 0.6 is 22.9 Å². The predicted octanol–water partition coefficient (Wildman–Crippen LogP) is 5.66. The van der Waals surface area contributed by atoms with Gasteiger partial charge in [-0.05, 0) is 23.6 Å². The zero-order chi connectivity index (χ0) is 20.0. The van der Waals surface area contributed by atoms with Gasteiger partial charge < -0.3 is 14.2 Å². The van der Waals surface area contributed by atoms with Gasteiger partial charge in [0.1, 0.15) is 5.75 Å². The number of nitrogens with zero attached hydrogens (tertiary/aromatic N) is 2. The van der Waals surface area contributed by atoms with Gasteiger partial charge >= 0.3 is 0 Å². The Morgan fingerprint density at radius 3 is 2.62 bits per heavy atom. The molecular formula is C22H19ClN2O3S. The maximum Gasteiger partial charge on any atom is 0.215 e. The van der Waals surface area contributed by atoms with Crippen molar-refractivity contribution in [2.24, 2.45) is 5.10 Å². The number of para-hydroxylation sites is 1. The van der Waals surface area contributed by atoms with Crippen molar-refractivity contribution in [1.82, 2.24) is 5.01 Å². The summed E-state index contributed by atoms with van der Waals surface area (Å²) in [6, 6.07) is 16.0. The molecule has 3 heterocycles. The fourth-order valence-corrected chi connectivity index (χ4v) is 4.86. The normalized spacial score (nSPS) is 19.8. The second kappa shape index (κ2) is 7.28. The van der Waals surface area contributed by atoms with Crippen LogP contribution in [0, 0.1) is 0 Å². The van der Waals surface area contributed by atoms with E-state index in [-0.39, 0.29) is 6.04 Å². The van der Waals surface area contributed by atoms with Gasteiger partial charge in [-0.15, -0.1) is 11.3 Å². The number of thiophene rings is 1. The van der Waals surface area contributed by atoms with Gasteiger partial charge in [-0.2, -0.15) is 5.10 Å². The Kier molecular flexibility index (Phi) is 4.60. The molecule has 0 N–H and O–H groups in total. The molecule has 0 radical (unpaired) electrons. The highest BCUT2D eigenvalue weighted by Crippen LogP contribution is 2.49. The second-order valence-electron chi connectivity index (χ2n) is 6.86. The summed E-state index contributed by atoms with van der Waals surface area (Å²) >= 11 is 8.33. The van der Waals surface area contributed by atoms with Crippen LogP contribution in [0.1, 0.15) is 34.7 Å². The van der Waals surface area contributed by atoms with Crippen molar-refractivity contribution in [3.63, 3.8) is 0 Å². The summed E-state index contributed by atoms with van der Waals surface area (Å²) < 4.78 is 17.3. The van der Waals surface area contributed by atoms with E-state index in [1.807, 2.05) is 35.3 Å². The van der Waals surface area contributed by atoms with Gasteiger partial charge in [0.25, 0.3) is 0 Å². The standard InChI is InChI=1S/C22H19ClN2O3S/c1-26-19-10-14(15(23)11-20(19)27-2)22-25-17(13-6-3-4-7-18(13)28-22)12-16(24-25)21-8-5-9-29-21/h3-11,17,22H,12H2,1-2H3/t17-,22+/m1/s1. The highest BCUT2D eigenvalue weighted by molar-refractivity contribution is 7.12. The van der Waals surface area contributed by atoms with Crippen LogP contribution in [0.5, 0.6) is 17.2 Å². The van der Waals surface area contributed by atoms with Gasteiger partial charge in [-0.3, -0.25) is 0 Å². The number of rotatable bonds is 4. The Morgan fingerprint density at radius 1 is 1.07 bits per heavy atom. The topological polar surface area (TPSA) is 43.3 Å². The molecule has 2 aromatic carbocycles. The number of benzene rings is 2. The molecule has 0 saturated carbocycles. The minimum absolute atomic E-state index is 0.0891. The molecule has 1 aromatic heterocycles. The Hall–Kier alpha value is -2.70. The van der Waals surface area contributed by atoms with Crippen LogP contribution in [0.2, 0.25) is 5.02 Å². The molecule has 0 unspecified atom stereocenters. The lowest BCUT2D eigenvalue weighted by Gasteiger charge is -2.38. The number of halogens is 1. The number of hydrogen-bond acceptors (Lipinski definition) is 6. The van der Waals surface area contributed by atoms with Crippen LogP contribution in [-0.2, 0) is 0 Å². The summed E-state index contributed by atoms with van der Waals surface area (Å²) in [4.78, 5) is 1.18. The Balaban J connectivity index is 1.63. The van der Waals surface area contributed by atoms with E-state index in [4.69, 9.17) is 30.9 Å². The highest BCUT2D eigenvalue weighted by Gasteiger charge is 2.42. The van der Waals surface area contributed by atoms with E-state index >= 15 is 0 Å². The molecule has 0 spiro atoms. The molecule has 3 aromatic rings. The van der Waals surface area contributed by atoms with Crippen LogP contribution < -0.4 is 14.2 Å². The lowest BCUT2D eigenvalue weighted by atomic mass is 9.97. The Bertz CT molecular complexity index is 1080. The summed E-state index contributed by atoms with van der Waals surface area (Å²) in [5.41, 5.74) is 2.99. The van der Waals surface area contributed by atoms with Crippen LogP contribution in [-0.4, -0.2) is 24.9 Å². The van der Waals surface area contributed by atoms with Gasteiger partial charge in [-0.25, -0.2) is 5.01 Å². The molecule has 148 valence electrons. The molecule has 2 aliphatic heterocycles. The van der Waals surface area contributed by atoms with Crippen molar-refractivity contribution in [2.45, 2.75) is 18.7 Å². The quantitative estimate of drug-likeness (QED) is 0.539. The van der Waals surface area contributed by atoms with Crippen molar-refractivity contribution >= 4 is 28.6 Å². The minimum atomic E-state index is -0.459. The summed E-state index contributed by atoms with van der Waals surface area (Å²) in [5.74, 6) is 2.04. The first kappa shape index (κ1) is 18.3. The third kappa shape index (κ3) is 3.03. The van der Waals surface area contributed by atoms with E-state index in [0.29, 0.717) is 16.5 Å². The van der Waals surface area contributed by atoms with E-state index in [1.54, 1.807) is 31.6 Å². The van der Waals surface area contributed by atoms with E-state index in [1.165, 1.54) is 4.88 Å². The number of ether oxygens (including phenoxy) is 3. The predicted molar refractivity (Wildman–Crippen MR) is 114 cm³/mol. The van der Waals surface area contributed by atoms with Gasteiger partial charge in [-0.1, -0.05) is 35.9 Å². The molecule has 5 nitrogen and oxygen atoms in total. The van der Waals surface area contributed by atoms with Crippen LogP contribution in [0.15, 0.2) is 59.0 Å². The zero-order valence-electron chi connectivity index (χ0n) is 16.0. The number of fused-ring (bicyclic) bond motifs is 3. The van der Waals surface area contributed by atoms with Gasteiger partial charge in [0, 0.05) is 23.6 Å². The lowest BCUT2D eigenvalue weighted by Crippen LogP contribution is -2.33. The molecule has 0 fully saturated rings. The number of hydrogen-bond donors (Lipinski definition) is 0. The van der Waals surface area contributed by atoms with E-state index < -0.39 is 6.23 Å². The fourth-order valence-electron chi connectivity index (χ4n) is 3.89.